The predicted molar refractivity (Wildman–Crippen MR) is 63.8 cm³/mol. The minimum atomic E-state index is -4.55. The average molecular weight is 259 g/mol. The van der Waals surface area contributed by atoms with E-state index in [1.165, 1.54) is 0 Å². The summed E-state index contributed by atoms with van der Waals surface area (Å²) in [6.07, 6.45) is -6.34. The van der Waals surface area contributed by atoms with Crippen molar-refractivity contribution in [2.45, 2.75) is 32.0 Å². The number of hydrogen-bond donors (Lipinski definition) is 1. The summed E-state index contributed by atoms with van der Waals surface area (Å²) >= 11 is 0. The van der Waals surface area contributed by atoms with Crippen molar-refractivity contribution in [2.24, 2.45) is 0 Å². The maximum Gasteiger partial charge on any atom is 0.414 e. The van der Waals surface area contributed by atoms with Crippen LogP contribution < -0.4 is 4.90 Å². The molecular weight excluding hydrogens is 243 g/mol. The first-order valence-electron chi connectivity index (χ1n) is 6.03. The Morgan fingerprint density at radius 1 is 1.39 bits per heavy atom. The Balaban J connectivity index is 2.14. The molecule has 2 nitrogen and oxygen atoms in total. The van der Waals surface area contributed by atoms with Crippen LogP contribution in [0.15, 0.2) is 18.2 Å². The number of hydrogen-bond acceptors (Lipinski definition) is 2. The van der Waals surface area contributed by atoms with Gasteiger partial charge in [0.15, 0.2) is 6.10 Å². The first kappa shape index (κ1) is 13.2. The highest BCUT2D eigenvalue weighted by Gasteiger charge is 2.38. The van der Waals surface area contributed by atoms with Crippen LogP contribution in [0.3, 0.4) is 0 Å². The number of rotatable bonds is 3. The lowest BCUT2D eigenvalue weighted by molar-refractivity contribution is -0.203. The quantitative estimate of drug-likeness (QED) is 0.901. The Labute approximate surface area is 104 Å². The van der Waals surface area contributed by atoms with Crippen LogP contribution in [0.4, 0.5) is 18.9 Å². The van der Waals surface area contributed by atoms with Gasteiger partial charge in [0, 0.05) is 25.2 Å². The lowest BCUT2D eigenvalue weighted by Crippen LogP contribution is -2.30. The highest BCUT2D eigenvalue weighted by molar-refractivity contribution is 5.59. The molecule has 18 heavy (non-hydrogen) atoms. The van der Waals surface area contributed by atoms with Crippen LogP contribution in [0.1, 0.15) is 18.1 Å². The summed E-state index contributed by atoms with van der Waals surface area (Å²) in [6.45, 7) is 3.87. The fourth-order valence-electron chi connectivity index (χ4n) is 2.32. The molecule has 1 heterocycles. The molecule has 1 atom stereocenters. The van der Waals surface area contributed by atoms with Gasteiger partial charge in [-0.3, -0.25) is 0 Å². The number of halogens is 3. The predicted octanol–water partition coefficient (Wildman–Crippen LogP) is 2.53. The number of aliphatic hydroxyl groups excluding tert-OH is 1. The Morgan fingerprint density at radius 3 is 2.72 bits per heavy atom. The zero-order valence-corrected chi connectivity index (χ0v) is 10.2. The van der Waals surface area contributed by atoms with Crippen LogP contribution in [0.5, 0.6) is 0 Å². The standard InChI is InChI=1S/C13H16F3NO/c1-2-17-6-5-10-7-9(3-4-11(10)17)8-12(18)13(14,15)16/h3-4,7,12,18H,2,5-6,8H2,1H3. The first-order chi connectivity index (χ1) is 8.41. The molecule has 1 aliphatic heterocycles. The van der Waals surface area contributed by atoms with E-state index in [0.29, 0.717) is 5.56 Å². The summed E-state index contributed by atoms with van der Waals surface area (Å²) in [5, 5.41) is 9.05. The average Bonchev–Trinajstić information content (AvgIpc) is 2.69. The summed E-state index contributed by atoms with van der Waals surface area (Å²) in [5.74, 6) is 0. The second-order valence-electron chi connectivity index (χ2n) is 4.55. The molecule has 0 bridgehead atoms. The van der Waals surface area contributed by atoms with Gasteiger partial charge in [-0.15, -0.1) is 0 Å². The SMILES string of the molecule is CCN1CCc2cc(CC(O)C(F)(F)F)ccc21. The third-order valence-electron chi connectivity index (χ3n) is 3.32. The number of aliphatic hydroxyl groups is 1. The van der Waals surface area contributed by atoms with E-state index in [1.807, 2.05) is 6.07 Å². The van der Waals surface area contributed by atoms with Crippen LogP contribution in [-0.2, 0) is 12.8 Å². The van der Waals surface area contributed by atoms with Gasteiger partial charge >= 0.3 is 6.18 Å². The van der Waals surface area contributed by atoms with Crippen molar-refractivity contribution in [3.05, 3.63) is 29.3 Å². The van der Waals surface area contributed by atoms with Crippen molar-refractivity contribution in [1.82, 2.24) is 0 Å². The Kier molecular flexibility index (Phi) is 3.52. The maximum absolute atomic E-state index is 12.3. The second-order valence-corrected chi connectivity index (χ2v) is 4.55. The fourth-order valence-corrected chi connectivity index (χ4v) is 2.32. The van der Waals surface area contributed by atoms with E-state index in [0.717, 1.165) is 30.8 Å². The number of alkyl halides is 3. The molecule has 0 aromatic heterocycles. The van der Waals surface area contributed by atoms with Crippen LogP contribution in [0.2, 0.25) is 0 Å². The largest absolute Gasteiger partial charge is 0.414 e. The minimum absolute atomic E-state index is 0.372. The van der Waals surface area contributed by atoms with Gasteiger partial charge in [0.1, 0.15) is 0 Å². The number of likely N-dealkylation sites (N-methyl/N-ethyl adjacent to an activating group) is 1. The second kappa shape index (κ2) is 4.80. The van der Waals surface area contributed by atoms with Crippen molar-refractivity contribution in [2.75, 3.05) is 18.0 Å². The fraction of sp³-hybridized carbons (Fsp3) is 0.538. The molecule has 0 fully saturated rings. The van der Waals surface area contributed by atoms with Crippen molar-refractivity contribution in [3.63, 3.8) is 0 Å². The number of anilines is 1. The zero-order chi connectivity index (χ0) is 13.3. The normalized spacial score (nSPS) is 16.8. The minimum Gasteiger partial charge on any atom is -0.383 e. The Bertz CT molecular complexity index is 431. The Hall–Kier alpha value is -1.23. The van der Waals surface area contributed by atoms with Gasteiger partial charge in [0.05, 0.1) is 0 Å². The van der Waals surface area contributed by atoms with Gasteiger partial charge in [-0.25, -0.2) is 0 Å². The van der Waals surface area contributed by atoms with Crippen molar-refractivity contribution in [3.8, 4) is 0 Å². The Morgan fingerprint density at radius 2 is 2.11 bits per heavy atom. The molecule has 2 rings (SSSR count). The van der Waals surface area contributed by atoms with Crippen LogP contribution in [-0.4, -0.2) is 30.5 Å². The highest BCUT2D eigenvalue weighted by atomic mass is 19.4. The van der Waals surface area contributed by atoms with Crippen LogP contribution in [0, 0.1) is 0 Å². The smallest absolute Gasteiger partial charge is 0.383 e. The lowest BCUT2D eigenvalue weighted by atomic mass is 10.0. The van der Waals surface area contributed by atoms with Gasteiger partial charge < -0.3 is 10.0 Å². The van der Waals surface area contributed by atoms with Crippen molar-refractivity contribution >= 4 is 5.69 Å². The number of benzene rings is 1. The maximum atomic E-state index is 12.3. The monoisotopic (exact) mass is 259 g/mol. The summed E-state index contributed by atoms with van der Waals surface area (Å²) in [6, 6.07) is 5.30. The molecule has 0 radical (unpaired) electrons. The van der Waals surface area contributed by atoms with Gasteiger partial charge in [0.2, 0.25) is 0 Å². The van der Waals surface area contributed by atoms with E-state index in [9.17, 15) is 13.2 Å². The number of nitrogens with zero attached hydrogens (tertiary/aromatic N) is 1. The molecular formula is C13H16F3NO. The van der Waals surface area contributed by atoms with Crippen molar-refractivity contribution < 1.29 is 18.3 Å². The molecule has 1 aliphatic rings. The molecule has 0 amide bonds. The van der Waals surface area contributed by atoms with Crippen LogP contribution in [0.25, 0.3) is 0 Å². The summed E-state index contributed by atoms with van der Waals surface area (Å²) in [4.78, 5) is 2.19. The van der Waals surface area contributed by atoms with E-state index in [-0.39, 0.29) is 6.42 Å². The van der Waals surface area contributed by atoms with Gasteiger partial charge in [-0.05, 0) is 30.5 Å². The van der Waals surface area contributed by atoms with Gasteiger partial charge in [-0.1, -0.05) is 12.1 Å². The summed E-state index contributed by atoms with van der Waals surface area (Å²) in [7, 11) is 0. The third-order valence-corrected chi connectivity index (χ3v) is 3.32. The van der Waals surface area contributed by atoms with E-state index >= 15 is 0 Å². The van der Waals surface area contributed by atoms with E-state index < -0.39 is 12.3 Å². The molecule has 1 aromatic rings. The molecule has 0 saturated heterocycles. The van der Waals surface area contributed by atoms with E-state index in [4.69, 9.17) is 5.11 Å². The van der Waals surface area contributed by atoms with Gasteiger partial charge in [0.25, 0.3) is 0 Å². The topological polar surface area (TPSA) is 23.5 Å². The molecule has 100 valence electrons. The zero-order valence-electron chi connectivity index (χ0n) is 10.2. The molecule has 0 aliphatic carbocycles. The third kappa shape index (κ3) is 2.61. The molecule has 1 unspecified atom stereocenters. The molecule has 1 aromatic carbocycles. The number of fused-ring (bicyclic) bond motifs is 1. The summed E-state index contributed by atoms with van der Waals surface area (Å²) < 4.78 is 36.8. The van der Waals surface area contributed by atoms with E-state index in [2.05, 4.69) is 11.8 Å². The van der Waals surface area contributed by atoms with Crippen molar-refractivity contribution in [1.29, 1.82) is 0 Å². The summed E-state index contributed by atoms with van der Waals surface area (Å²) in [5.41, 5.74) is 2.71. The molecule has 0 saturated carbocycles. The lowest BCUT2D eigenvalue weighted by Gasteiger charge is -2.18. The van der Waals surface area contributed by atoms with Crippen LogP contribution >= 0.6 is 0 Å². The first-order valence-corrected chi connectivity index (χ1v) is 6.03. The van der Waals surface area contributed by atoms with Gasteiger partial charge in [-0.2, -0.15) is 13.2 Å². The molecule has 0 spiro atoms. The molecule has 5 heteroatoms. The molecule has 1 N–H and O–H groups in total. The van der Waals surface area contributed by atoms with E-state index in [1.54, 1.807) is 12.1 Å². The highest BCUT2D eigenvalue weighted by Crippen LogP contribution is 2.30.